The maximum atomic E-state index is 12.1. The largest absolute Gasteiger partial charge is 0.408 e. The van der Waals surface area contributed by atoms with Crippen LogP contribution in [-0.4, -0.2) is 32.2 Å². The topological polar surface area (TPSA) is 85.8 Å². The number of carbonyl (C=O) groups excluding carboxylic acids is 1. The van der Waals surface area contributed by atoms with Crippen LogP contribution in [0.25, 0.3) is 0 Å². The van der Waals surface area contributed by atoms with E-state index in [4.69, 9.17) is 0 Å². The minimum absolute atomic E-state index is 0.0929. The number of nitrogens with zero attached hydrogens (tertiary/aromatic N) is 4. The number of amides is 1. The predicted molar refractivity (Wildman–Crippen MR) is 55.3 cm³/mol. The predicted octanol–water partition coefficient (Wildman–Crippen LogP) is 1.39. The third kappa shape index (κ3) is 3.30. The highest BCUT2D eigenvalue weighted by Gasteiger charge is 2.28. The summed E-state index contributed by atoms with van der Waals surface area (Å²) in [6.45, 7) is 0.291. The van der Waals surface area contributed by atoms with Crippen LogP contribution in [0.3, 0.4) is 0 Å². The Kier molecular flexibility index (Phi) is 3.23. The van der Waals surface area contributed by atoms with Crippen LogP contribution in [0, 0.1) is 6.92 Å². The van der Waals surface area contributed by atoms with Gasteiger partial charge in [-0.05, 0) is 18.1 Å². The molecule has 10 heteroatoms. The molecule has 0 aromatic carbocycles. The highest BCUT2D eigenvalue weighted by molar-refractivity contribution is 6.02. The van der Waals surface area contributed by atoms with Gasteiger partial charge in [0.2, 0.25) is 5.82 Å². The summed E-state index contributed by atoms with van der Waals surface area (Å²) in [5.74, 6) is -0.602. The molecule has 1 N–H and O–H groups in total. The van der Waals surface area contributed by atoms with E-state index in [0.717, 1.165) is 6.20 Å². The van der Waals surface area contributed by atoms with Gasteiger partial charge in [-0.2, -0.15) is 18.3 Å². The molecule has 0 bridgehead atoms. The molecule has 0 aliphatic rings. The number of hydrogen-bond donors (Lipinski definition) is 1. The second-order valence-electron chi connectivity index (χ2n) is 3.67. The molecule has 0 aliphatic carbocycles. The van der Waals surface area contributed by atoms with Crippen molar-refractivity contribution in [3.8, 4) is 0 Å². The third-order valence-corrected chi connectivity index (χ3v) is 2.10. The first-order valence-electron chi connectivity index (χ1n) is 5.06. The summed E-state index contributed by atoms with van der Waals surface area (Å²) in [4.78, 5) is 11.7. The van der Waals surface area contributed by atoms with Crippen molar-refractivity contribution in [3.05, 3.63) is 23.7 Å². The molecule has 0 saturated heterocycles. The van der Waals surface area contributed by atoms with Gasteiger partial charge in [0.15, 0.2) is 5.69 Å². The highest BCUT2D eigenvalue weighted by atomic mass is 19.4. The Labute approximate surface area is 104 Å². The van der Waals surface area contributed by atoms with Gasteiger partial charge in [-0.3, -0.25) is 9.48 Å². The van der Waals surface area contributed by atoms with E-state index in [1.807, 2.05) is 0 Å². The minimum atomic E-state index is -4.40. The quantitative estimate of drug-likeness (QED) is 0.914. The van der Waals surface area contributed by atoms with Crippen molar-refractivity contribution >= 4 is 11.7 Å². The van der Waals surface area contributed by atoms with Gasteiger partial charge in [0.1, 0.15) is 12.2 Å². The molecule has 102 valence electrons. The Hall–Kier alpha value is -2.39. The van der Waals surface area contributed by atoms with Crippen LogP contribution < -0.4 is 5.32 Å². The molecule has 19 heavy (non-hydrogen) atoms. The van der Waals surface area contributed by atoms with Crippen LogP contribution in [0.4, 0.5) is 19.0 Å². The fourth-order valence-corrected chi connectivity index (χ4v) is 1.27. The SMILES string of the molecule is Cc1nonc1NC(=O)c1ccn(CC(F)(F)F)n1. The summed E-state index contributed by atoms with van der Waals surface area (Å²) >= 11 is 0. The first-order valence-corrected chi connectivity index (χ1v) is 5.06. The smallest absolute Gasteiger partial charge is 0.301 e. The average Bonchev–Trinajstić information content (AvgIpc) is 2.87. The summed E-state index contributed by atoms with van der Waals surface area (Å²) < 4.78 is 41.3. The van der Waals surface area contributed by atoms with Gasteiger partial charge in [-0.15, -0.1) is 0 Å². The monoisotopic (exact) mass is 275 g/mol. The first-order chi connectivity index (χ1) is 8.85. The van der Waals surface area contributed by atoms with E-state index < -0.39 is 18.6 Å². The van der Waals surface area contributed by atoms with E-state index >= 15 is 0 Å². The molecule has 1 amide bonds. The van der Waals surface area contributed by atoms with Gasteiger partial charge in [-0.1, -0.05) is 5.16 Å². The van der Waals surface area contributed by atoms with Crippen molar-refractivity contribution in [3.63, 3.8) is 0 Å². The number of halogens is 3. The second-order valence-corrected chi connectivity index (χ2v) is 3.67. The molecule has 7 nitrogen and oxygen atoms in total. The van der Waals surface area contributed by atoms with Gasteiger partial charge in [0, 0.05) is 6.20 Å². The van der Waals surface area contributed by atoms with Crippen molar-refractivity contribution < 1.29 is 22.6 Å². The van der Waals surface area contributed by atoms with E-state index in [-0.39, 0.29) is 11.5 Å². The van der Waals surface area contributed by atoms with E-state index in [1.165, 1.54) is 6.07 Å². The fourth-order valence-electron chi connectivity index (χ4n) is 1.27. The number of rotatable bonds is 3. The van der Waals surface area contributed by atoms with Crippen LogP contribution in [0.2, 0.25) is 0 Å². The number of aryl methyl sites for hydroxylation is 1. The average molecular weight is 275 g/mol. The van der Waals surface area contributed by atoms with Gasteiger partial charge in [-0.25, -0.2) is 4.63 Å². The van der Waals surface area contributed by atoms with Gasteiger partial charge in [0.25, 0.3) is 5.91 Å². The Morgan fingerprint density at radius 1 is 1.47 bits per heavy atom. The molecule has 2 aromatic rings. The van der Waals surface area contributed by atoms with Crippen LogP contribution in [0.5, 0.6) is 0 Å². The molecule has 2 rings (SSSR count). The van der Waals surface area contributed by atoms with Crippen molar-refractivity contribution in [2.75, 3.05) is 5.32 Å². The van der Waals surface area contributed by atoms with E-state index in [9.17, 15) is 18.0 Å². The minimum Gasteiger partial charge on any atom is -0.301 e. The fraction of sp³-hybridized carbons (Fsp3) is 0.333. The van der Waals surface area contributed by atoms with E-state index in [2.05, 4.69) is 25.4 Å². The number of carbonyl (C=O) groups is 1. The van der Waals surface area contributed by atoms with Crippen LogP contribution in [0.15, 0.2) is 16.9 Å². The number of anilines is 1. The standard InChI is InChI=1S/C9H8F3N5O2/c1-5-7(16-19-15-5)13-8(18)6-2-3-17(14-6)4-9(10,11)12/h2-3H,4H2,1H3,(H,13,16,18). The number of nitrogens with one attached hydrogen (secondary N) is 1. The normalized spacial score (nSPS) is 11.6. The lowest BCUT2D eigenvalue weighted by Gasteiger charge is -2.05. The third-order valence-electron chi connectivity index (χ3n) is 2.10. The zero-order valence-electron chi connectivity index (χ0n) is 9.60. The maximum absolute atomic E-state index is 12.1. The lowest BCUT2D eigenvalue weighted by molar-refractivity contribution is -0.142. The summed E-state index contributed by atoms with van der Waals surface area (Å²) in [6.07, 6.45) is -3.33. The highest BCUT2D eigenvalue weighted by Crippen LogP contribution is 2.17. The van der Waals surface area contributed by atoms with E-state index in [0.29, 0.717) is 10.4 Å². The van der Waals surface area contributed by atoms with E-state index in [1.54, 1.807) is 6.92 Å². The molecule has 0 saturated carbocycles. The summed E-state index contributed by atoms with van der Waals surface area (Å²) in [5, 5.41) is 12.7. The first kappa shape index (κ1) is 13.1. The Morgan fingerprint density at radius 2 is 2.21 bits per heavy atom. The molecule has 0 fully saturated rings. The molecular formula is C9H8F3N5O2. The molecule has 0 atom stereocenters. The van der Waals surface area contributed by atoms with Crippen LogP contribution >= 0.6 is 0 Å². The molecular weight excluding hydrogens is 267 g/mol. The molecule has 2 aromatic heterocycles. The van der Waals surface area contributed by atoms with Crippen molar-refractivity contribution in [2.45, 2.75) is 19.6 Å². The van der Waals surface area contributed by atoms with Crippen LogP contribution in [-0.2, 0) is 6.54 Å². The van der Waals surface area contributed by atoms with Crippen molar-refractivity contribution in [1.29, 1.82) is 0 Å². The zero-order valence-corrected chi connectivity index (χ0v) is 9.60. The van der Waals surface area contributed by atoms with Crippen molar-refractivity contribution in [1.82, 2.24) is 20.1 Å². The summed E-state index contributed by atoms with van der Waals surface area (Å²) in [6, 6.07) is 1.17. The molecule has 0 spiro atoms. The lowest BCUT2D eigenvalue weighted by Crippen LogP contribution is -2.19. The molecule has 2 heterocycles. The summed E-state index contributed by atoms with van der Waals surface area (Å²) in [5.41, 5.74) is 0.190. The number of alkyl halides is 3. The van der Waals surface area contributed by atoms with Gasteiger partial charge >= 0.3 is 6.18 Å². The summed E-state index contributed by atoms with van der Waals surface area (Å²) in [7, 11) is 0. The van der Waals surface area contributed by atoms with Gasteiger partial charge < -0.3 is 5.32 Å². The van der Waals surface area contributed by atoms with Crippen LogP contribution in [0.1, 0.15) is 16.2 Å². The maximum Gasteiger partial charge on any atom is 0.408 e. The Bertz CT molecular complexity index is 589. The molecule has 0 aliphatic heterocycles. The van der Waals surface area contributed by atoms with Crippen molar-refractivity contribution in [2.24, 2.45) is 0 Å². The number of aromatic nitrogens is 4. The number of hydrogen-bond acceptors (Lipinski definition) is 5. The Morgan fingerprint density at radius 3 is 2.79 bits per heavy atom. The lowest BCUT2D eigenvalue weighted by atomic mass is 10.4. The molecule has 0 unspecified atom stereocenters. The Balaban J connectivity index is 2.06. The molecule has 0 radical (unpaired) electrons. The zero-order chi connectivity index (χ0) is 14.0. The second kappa shape index (κ2) is 4.71. The van der Waals surface area contributed by atoms with Gasteiger partial charge in [0.05, 0.1) is 0 Å².